The Hall–Kier alpha value is -2.26. The van der Waals surface area contributed by atoms with Crippen LogP contribution in [-0.4, -0.2) is 41.3 Å². The number of anilines is 2. The third-order valence-corrected chi connectivity index (χ3v) is 5.15. The quantitative estimate of drug-likeness (QED) is 0.712. The van der Waals surface area contributed by atoms with Crippen molar-refractivity contribution in [3.8, 4) is 11.5 Å². The number of hydrogen-bond acceptors (Lipinski definition) is 5. The van der Waals surface area contributed by atoms with Gasteiger partial charge < -0.3 is 14.8 Å². The van der Waals surface area contributed by atoms with Gasteiger partial charge in [-0.3, -0.25) is 9.10 Å². The standard InChI is InChI=1S/C17H19BrN2O5S/c1-24-14-8-9-16(25-2)15(10-14)19-17(21)11-20(26(3,22)23)13-6-4-12(18)5-7-13/h4-10H,11H2,1-3H3,(H,19,21). The number of hydrogen-bond donors (Lipinski definition) is 1. The van der Waals surface area contributed by atoms with Gasteiger partial charge in [0.1, 0.15) is 18.0 Å². The third-order valence-electron chi connectivity index (χ3n) is 3.48. The van der Waals surface area contributed by atoms with E-state index in [1.165, 1.54) is 14.2 Å². The molecule has 1 N–H and O–H groups in total. The maximum Gasteiger partial charge on any atom is 0.245 e. The fourth-order valence-corrected chi connectivity index (χ4v) is 3.36. The van der Waals surface area contributed by atoms with Crippen LogP contribution in [0.4, 0.5) is 11.4 Å². The molecule has 0 unspecified atom stereocenters. The smallest absolute Gasteiger partial charge is 0.245 e. The Morgan fingerprint density at radius 2 is 1.77 bits per heavy atom. The molecule has 0 radical (unpaired) electrons. The number of halogens is 1. The number of ether oxygens (including phenoxy) is 2. The van der Waals surface area contributed by atoms with Gasteiger partial charge in [0, 0.05) is 10.5 Å². The lowest BCUT2D eigenvalue weighted by Crippen LogP contribution is -2.37. The number of nitrogens with one attached hydrogen (secondary N) is 1. The van der Waals surface area contributed by atoms with Crippen molar-refractivity contribution in [1.82, 2.24) is 0 Å². The molecule has 1 amide bonds. The number of methoxy groups -OCH3 is 2. The highest BCUT2D eigenvalue weighted by Crippen LogP contribution is 2.29. The monoisotopic (exact) mass is 442 g/mol. The average Bonchev–Trinajstić information content (AvgIpc) is 2.59. The third kappa shape index (κ3) is 5.12. The minimum atomic E-state index is -3.65. The molecule has 7 nitrogen and oxygen atoms in total. The van der Waals surface area contributed by atoms with Gasteiger partial charge in [0.25, 0.3) is 0 Å². The zero-order valence-corrected chi connectivity index (χ0v) is 16.9. The lowest BCUT2D eigenvalue weighted by atomic mass is 10.2. The first-order chi connectivity index (χ1) is 12.2. The molecule has 140 valence electrons. The van der Waals surface area contributed by atoms with E-state index in [9.17, 15) is 13.2 Å². The number of benzene rings is 2. The van der Waals surface area contributed by atoms with Gasteiger partial charge in [-0.05, 0) is 36.4 Å². The zero-order chi connectivity index (χ0) is 19.3. The second-order valence-corrected chi connectivity index (χ2v) is 8.18. The first kappa shape index (κ1) is 20.1. The Morgan fingerprint density at radius 3 is 2.31 bits per heavy atom. The van der Waals surface area contributed by atoms with E-state index in [1.54, 1.807) is 42.5 Å². The second-order valence-electron chi connectivity index (χ2n) is 5.36. The van der Waals surface area contributed by atoms with Crippen molar-refractivity contribution < 1.29 is 22.7 Å². The number of carbonyl (C=O) groups is 1. The molecule has 9 heteroatoms. The van der Waals surface area contributed by atoms with Crippen molar-refractivity contribution >= 4 is 43.2 Å². The van der Waals surface area contributed by atoms with Crippen LogP contribution in [-0.2, 0) is 14.8 Å². The Bertz CT molecular complexity index is 885. The summed E-state index contributed by atoms with van der Waals surface area (Å²) in [6.07, 6.45) is 1.05. The molecule has 0 fully saturated rings. The fraction of sp³-hybridized carbons (Fsp3) is 0.235. The Kier molecular flexibility index (Phi) is 6.49. The lowest BCUT2D eigenvalue weighted by molar-refractivity contribution is -0.114. The van der Waals surface area contributed by atoms with Crippen molar-refractivity contribution in [2.75, 3.05) is 36.6 Å². The number of amides is 1. The minimum Gasteiger partial charge on any atom is -0.497 e. The number of sulfonamides is 1. The molecular formula is C17H19BrN2O5S. The van der Waals surface area contributed by atoms with Crippen molar-refractivity contribution in [3.05, 3.63) is 46.9 Å². The van der Waals surface area contributed by atoms with Crippen molar-refractivity contribution in [1.29, 1.82) is 0 Å². The second kappa shape index (κ2) is 8.41. The molecule has 0 heterocycles. The Labute approximate surface area is 161 Å². The lowest BCUT2D eigenvalue weighted by Gasteiger charge is -2.22. The molecular weight excluding hydrogens is 424 g/mol. The van der Waals surface area contributed by atoms with Crippen LogP contribution in [0.5, 0.6) is 11.5 Å². The summed E-state index contributed by atoms with van der Waals surface area (Å²) in [6.45, 7) is -0.374. The van der Waals surface area contributed by atoms with Gasteiger partial charge in [0.15, 0.2) is 0 Å². The van der Waals surface area contributed by atoms with Crippen LogP contribution < -0.4 is 19.1 Å². The highest BCUT2D eigenvalue weighted by molar-refractivity contribution is 9.10. The average molecular weight is 443 g/mol. The molecule has 0 spiro atoms. The normalized spacial score (nSPS) is 10.9. The maximum absolute atomic E-state index is 12.5. The molecule has 0 bridgehead atoms. The van der Waals surface area contributed by atoms with Crippen LogP contribution in [0.25, 0.3) is 0 Å². The predicted octanol–water partition coefficient (Wildman–Crippen LogP) is 2.87. The maximum atomic E-state index is 12.5. The molecule has 2 rings (SSSR count). The summed E-state index contributed by atoms with van der Waals surface area (Å²) in [4.78, 5) is 12.5. The van der Waals surface area contributed by atoms with Gasteiger partial charge in [0.05, 0.1) is 31.9 Å². The highest BCUT2D eigenvalue weighted by atomic mass is 79.9. The molecule has 0 saturated heterocycles. The van der Waals surface area contributed by atoms with E-state index in [4.69, 9.17) is 9.47 Å². The number of rotatable bonds is 7. The van der Waals surface area contributed by atoms with Crippen LogP contribution in [0.2, 0.25) is 0 Å². The summed E-state index contributed by atoms with van der Waals surface area (Å²) in [6, 6.07) is 11.6. The molecule has 0 aliphatic rings. The van der Waals surface area contributed by atoms with E-state index < -0.39 is 15.9 Å². The first-order valence-electron chi connectivity index (χ1n) is 7.49. The van der Waals surface area contributed by atoms with E-state index in [0.717, 1.165) is 15.0 Å². The van der Waals surface area contributed by atoms with Crippen LogP contribution in [0, 0.1) is 0 Å². The molecule has 0 aliphatic heterocycles. The van der Waals surface area contributed by atoms with Gasteiger partial charge in [-0.1, -0.05) is 15.9 Å². The predicted molar refractivity (Wildman–Crippen MR) is 105 cm³/mol. The van der Waals surface area contributed by atoms with Crippen molar-refractivity contribution in [3.63, 3.8) is 0 Å². The Balaban J connectivity index is 2.24. The van der Waals surface area contributed by atoms with E-state index >= 15 is 0 Å². The summed E-state index contributed by atoms with van der Waals surface area (Å²) in [7, 11) is -0.665. The Morgan fingerprint density at radius 1 is 1.12 bits per heavy atom. The van der Waals surface area contributed by atoms with Gasteiger partial charge >= 0.3 is 0 Å². The van der Waals surface area contributed by atoms with E-state index in [-0.39, 0.29) is 6.54 Å². The molecule has 0 aliphatic carbocycles. The van der Waals surface area contributed by atoms with Crippen molar-refractivity contribution in [2.45, 2.75) is 0 Å². The summed E-state index contributed by atoms with van der Waals surface area (Å²) in [5.41, 5.74) is 0.782. The van der Waals surface area contributed by atoms with Crippen LogP contribution in [0.15, 0.2) is 46.9 Å². The molecule has 0 saturated carbocycles. The summed E-state index contributed by atoms with van der Waals surface area (Å²) in [5.74, 6) is 0.465. The molecule has 2 aromatic carbocycles. The molecule has 0 atom stereocenters. The minimum absolute atomic E-state index is 0.374. The van der Waals surface area contributed by atoms with E-state index in [2.05, 4.69) is 21.2 Å². The van der Waals surface area contributed by atoms with Crippen LogP contribution in [0.1, 0.15) is 0 Å². The van der Waals surface area contributed by atoms with Gasteiger partial charge in [-0.15, -0.1) is 0 Å². The summed E-state index contributed by atoms with van der Waals surface area (Å²) >= 11 is 3.30. The first-order valence-corrected chi connectivity index (χ1v) is 10.1. The summed E-state index contributed by atoms with van der Waals surface area (Å²) < 4.78 is 36.4. The largest absolute Gasteiger partial charge is 0.497 e. The number of carbonyl (C=O) groups excluding carboxylic acids is 1. The zero-order valence-electron chi connectivity index (χ0n) is 14.5. The van der Waals surface area contributed by atoms with Crippen molar-refractivity contribution in [2.24, 2.45) is 0 Å². The highest BCUT2D eigenvalue weighted by Gasteiger charge is 2.21. The van der Waals surface area contributed by atoms with Gasteiger partial charge in [-0.25, -0.2) is 8.42 Å². The van der Waals surface area contributed by atoms with Gasteiger partial charge in [0.2, 0.25) is 15.9 Å². The van der Waals surface area contributed by atoms with E-state index in [0.29, 0.717) is 22.9 Å². The summed E-state index contributed by atoms with van der Waals surface area (Å²) in [5, 5.41) is 2.66. The van der Waals surface area contributed by atoms with Crippen LogP contribution >= 0.6 is 15.9 Å². The van der Waals surface area contributed by atoms with E-state index in [1.807, 2.05) is 0 Å². The molecule has 0 aromatic heterocycles. The fourth-order valence-electron chi connectivity index (χ4n) is 2.24. The van der Waals surface area contributed by atoms with Crippen LogP contribution in [0.3, 0.4) is 0 Å². The number of nitrogens with zero attached hydrogens (tertiary/aromatic N) is 1. The topological polar surface area (TPSA) is 84.9 Å². The molecule has 26 heavy (non-hydrogen) atoms. The molecule has 2 aromatic rings. The van der Waals surface area contributed by atoms with Gasteiger partial charge in [-0.2, -0.15) is 0 Å². The SMILES string of the molecule is COc1ccc(OC)c(NC(=O)CN(c2ccc(Br)cc2)S(C)(=O)=O)c1.